The number of carboxylic acids is 1. The van der Waals surface area contributed by atoms with E-state index < -0.39 is 5.97 Å². The summed E-state index contributed by atoms with van der Waals surface area (Å²) in [5, 5.41) is 9.26. The second-order valence-corrected chi connectivity index (χ2v) is 4.21. The smallest absolute Gasteiger partial charge is 0.311 e. The van der Waals surface area contributed by atoms with Gasteiger partial charge in [-0.2, -0.15) is 0 Å². The Balaban J connectivity index is 2.36. The van der Waals surface area contributed by atoms with Crippen LogP contribution in [0.15, 0.2) is 24.3 Å². The zero-order chi connectivity index (χ0) is 10.8. The fraction of sp³-hybridized carbons (Fsp3) is 0.462. The van der Waals surface area contributed by atoms with Crippen LogP contribution in [0.2, 0.25) is 0 Å². The van der Waals surface area contributed by atoms with Crippen LogP contribution in [0.25, 0.3) is 0 Å². The van der Waals surface area contributed by atoms with Crippen molar-refractivity contribution >= 4 is 5.97 Å². The SMILES string of the molecule is CCc1ccccc1C(C(=O)O)C1CC1. The quantitative estimate of drug-likeness (QED) is 0.818. The number of aliphatic carboxylic acids is 1. The fourth-order valence-corrected chi connectivity index (χ4v) is 2.18. The van der Waals surface area contributed by atoms with Crippen molar-refractivity contribution in [3.05, 3.63) is 35.4 Å². The van der Waals surface area contributed by atoms with Gasteiger partial charge in [-0.25, -0.2) is 0 Å². The summed E-state index contributed by atoms with van der Waals surface area (Å²) in [6.45, 7) is 2.07. The third-order valence-corrected chi connectivity index (χ3v) is 3.13. The number of carbonyl (C=O) groups is 1. The second-order valence-electron chi connectivity index (χ2n) is 4.21. The molecule has 1 fully saturated rings. The predicted octanol–water partition coefficient (Wildman–Crippen LogP) is 2.83. The first-order valence-electron chi connectivity index (χ1n) is 5.54. The Morgan fingerprint density at radius 2 is 2.13 bits per heavy atom. The second kappa shape index (κ2) is 4.05. The lowest BCUT2D eigenvalue weighted by Gasteiger charge is -2.15. The summed E-state index contributed by atoms with van der Waals surface area (Å²) in [6.07, 6.45) is 3.04. The first kappa shape index (κ1) is 10.2. The third kappa shape index (κ3) is 2.04. The van der Waals surface area contributed by atoms with Crippen LogP contribution in [-0.4, -0.2) is 11.1 Å². The molecule has 1 atom stereocenters. The van der Waals surface area contributed by atoms with Gasteiger partial charge in [0.1, 0.15) is 0 Å². The van der Waals surface area contributed by atoms with Gasteiger partial charge in [-0.15, -0.1) is 0 Å². The minimum absolute atomic E-state index is 0.277. The van der Waals surface area contributed by atoms with Crippen molar-refractivity contribution in [3.63, 3.8) is 0 Å². The van der Waals surface area contributed by atoms with Gasteiger partial charge in [0.05, 0.1) is 5.92 Å². The van der Waals surface area contributed by atoms with Crippen molar-refractivity contribution in [1.29, 1.82) is 0 Å². The molecule has 0 saturated heterocycles. The van der Waals surface area contributed by atoms with Crippen LogP contribution in [0.1, 0.15) is 36.8 Å². The molecule has 1 aliphatic carbocycles. The third-order valence-electron chi connectivity index (χ3n) is 3.13. The van der Waals surface area contributed by atoms with Crippen molar-refractivity contribution in [2.45, 2.75) is 32.1 Å². The largest absolute Gasteiger partial charge is 0.481 e. The number of benzene rings is 1. The Hall–Kier alpha value is -1.31. The summed E-state index contributed by atoms with van der Waals surface area (Å²) in [5.41, 5.74) is 2.20. The Morgan fingerprint density at radius 1 is 1.47 bits per heavy atom. The first-order valence-corrected chi connectivity index (χ1v) is 5.54. The number of hydrogen-bond donors (Lipinski definition) is 1. The predicted molar refractivity (Wildman–Crippen MR) is 58.9 cm³/mol. The van der Waals surface area contributed by atoms with Crippen molar-refractivity contribution in [1.82, 2.24) is 0 Å². The summed E-state index contributed by atoms with van der Waals surface area (Å²) in [5.74, 6) is -0.574. The van der Waals surface area contributed by atoms with Crippen LogP contribution in [0.3, 0.4) is 0 Å². The maximum Gasteiger partial charge on any atom is 0.311 e. The molecule has 0 heterocycles. The van der Waals surface area contributed by atoms with E-state index >= 15 is 0 Å². The highest BCUT2D eigenvalue weighted by Crippen LogP contribution is 2.43. The molecule has 2 rings (SSSR count). The summed E-state index contributed by atoms with van der Waals surface area (Å²) in [6, 6.07) is 7.92. The molecule has 1 unspecified atom stereocenters. The summed E-state index contributed by atoms with van der Waals surface area (Å²) >= 11 is 0. The van der Waals surface area contributed by atoms with Gasteiger partial charge in [-0.3, -0.25) is 4.79 Å². The lowest BCUT2D eigenvalue weighted by Crippen LogP contribution is -2.15. The van der Waals surface area contributed by atoms with Gasteiger partial charge in [0.15, 0.2) is 0 Å². The van der Waals surface area contributed by atoms with E-state index in [1.165, 1.54) is 5.56 Å². The van der Waals surface area contributed by atoms with Gasteiger partial charge in [0.25, 0.3) is 0 Å². The highest BCUT2D eigenvalue weighted by Gasteiger charge is 2.37. The molecule has 2 heteroatoms. The normalized spacial score (nSPS) is 17.4. The molecule has 1 aromatic carbocycles. The fourth-order valence-electron chi connectivity index (χ4n) is 2.18. The van der Waals surface area contributed by atoms with E-state index in [-0.39, 0.29) is 5.92 Å². The van der Waals surface area contributed by atoms with Crippen molar-refractivity contribution in [2.75, 3.05) is 0 Å². The molecule has 1 aromatic rings. The van der Waals surface area contributed by atoms with Crippen molar-refractivity contribution < 1.29 is 9.90 Å². The molecule has 1 aliphatic rings. The van der Waals surface area contributed by atoms with Crippen LogP contribution >= 0.6 is 0 Å². The topological polar surface area (TPSA) is 37.3 Å². The number of rotatable bonds is 4. The number of aryl methyl sites for hydroxylation is 1. The molecule has 0 aliphatic heterocycles. The van der Waals surface area contributed by atoms with E-state index in [9.17, 15) is 9.90 Å². The van der Waals surface area contributed by atoms with E-state index in [0.29, 0.717) is 5.92 Å². The highest BCUT2D eigenvalue weighted by molar-refractivity contribution is 5.77. The van der Waals surface area contributed by atoms with Gasteiger partial charge in [-0.05, 0) is 36.3 Å². The minimum Gasteiger partial charge on any atom is -0.481 e. The molecule has 80 valence electrons. The molecule has 0 aromatic heterocycles. The van der Waals surface area contributed by atoms with Gasteiger partial charge in [0, 0.05) is 0 Å². The van der Waals surface area contributed by atoms with E-state index in [4.69, 9.17) is 0 Å². The zero-order valence-corrected chi connectivity index (χ0v) is 8.94. The molecule has 1 saturated carbocycles. The maximum absolute atomic E-state index is 11.2. The minimum atomic E-state index is -0.668. The monoisotopic (exact) mass is 204 g/mol. The highest BCUT2D eigenvalue weighted by atomic mass is 16.4. The Morgan fingerprint density at radius 3 is 2.67 bits per heavy atom. The number of carboxylic acid groups (broad SMARTS) is 1. The molecule has 0 spiro atoms. The number of hydrogen-bond acceptors (Lipinski definition) is 1. The summed E-state index contributed by atoms with van der Waals surface area (Å²) < 4.78 is 0. The maximum atomic E-state index is 11.2. The van der Waals surface area contributed by atoms with Gasteiger partial charge in [-0.1, -0.05) is 31.2 Å². The van der Waals surface area contributed by atoms with Crippen LogP contribution in [0.5, 0.6) is 0 Å². The van der Waals surface area contributed by atoms with Gasteiger partial charge < -0.3 is 5.11 Å². The van der Waals surface area contributed by atoms with Crippen molar-refractivity contribution in [3.8, 4) is 0 Å². The average Bonchev–Trinajstić information content (AvgIpc) is 3.03. The molecule has 1 N–H and O–H groups in total. The molecular formula is C13H16O2. The van der Waals surface area contributed by atoms with Gasteiger partial charge in [0.2, 0.25) is 0 Å². The molecule has 0 bridgehead atoms. The van der Waals surface area contributed by atoms with Crippen LogP contribution in [0.4, 0.5) is 0 Å². The van der Waals surface area contributed by atoms with E-state index in [0.717, 1.165) is 24.8 Å². The van der Waals surface area contributed by atoms with Crippen molar-refractivity contribution in [2.24, 2.45) is 5.92 Å². The summed E-state index contributed by atoms with van der Waals surface area (Å²) in [4.78, 5) is 11.2. The molecular weight excluding hydrogens is 188 g/mol. The zero-order valence-electron chi connectivity index (χ0n) is 8.94. The Kier molecular flexibility index (Phi) is 2.76. The molecule has 2 nitrogen and oxygen atoms in total. The molecule has 0 amide bonds. The standard InChI is InChI=1S/C13H16O2/c1-2-9-5-3-4-6-11(9)12(13(14)15)10-7-8-10/h3-6,10,12H,2,7-8H2,1H3,(H,14,15). The Bertz CT molecular complexity index is 367. The molecule has 15 heavy (non-hydrogen) atoms. The molecule has 0 radical (unpaired) electrons. The Labute approximate surface area is 89.9 Å². The average molecular weight is 204 g/mol. The van der Waals surface area contributed by atoms with Crippen LogP contribution in [-0.2, 0) is 11.2 Å². The van der Waals surface area contributed by atoms with E-state index in [2.05, 4.69) is 6.92 Å². The summed E-state index contributed by atoms with van der Waals surface area (Å²) in [7, 11) is 0. The lowest BCUT2D eigenvalue weighted by molar-refractivity contribution is -0.139. The lowest BCUT2D eigenvalue weighted by atomic mass is 9.89. The first-order chi connectivity index (χ1) is 7.24. The van der Waals surface area contributed by atoms with Crippen LogP contribution < -0.4 is 0 Å². The van der Waals surface area contributed by atoms with E-state index in [1.807, 2.05) is 24.3 Å². The van der Waals surface area contributed by atoms with Crippen LogP contribution in [0, 0.1) is 5.92 Å². The van der Waals surface area contributed by atoms with Gasteiger partial charge >= 0.3 is 5.97 Å². The van der Waals surface area contributed by atoms with E-state index in [1.54, 1.807) is 0 Å².